The first kappa shape index (κ1) is 12.5. The van der Waals surface area contributed by atoms with E-state index >= 15 is 0 Å². The van der Waals surface area contributed by atoms with E-state index in [-0.39, 0.29) is 24.1 Å². The number of hydrogen-bond acceptors (Lipinski definition) is 5. The summed E-state index contributed by atoms with van der Waals surface area (Å²) < 4.78 is 14.4. The molecule has 1 unspecified atom stereocenters. The second-order valence-electron chi connectivity index (χ2n) is 3.58. The van der Waals surface area contributed by atoms with Crippen molar-refractivity contribution in [1.29, 1.82) is 0 Å². The number of fused-ring (bicyclic) bond motifs is 1. The summed E-state index contributed by atoms with van der Waals surface area (Å²) in [6.45, 7) is 0.108. The Morgan fingerprint density at radius 2 is 2.33 bits per heavy atom. The van der Waals surface area contributed by atoms with Gasteiger partial charge in [-0.25, -0.2) is 14.2 Å². The molecule has 0 saturated carbocycles. The standard InChI is InChI=1S/C9H9ClFN5O2/c10-6-5-7(15-9(12)14-6)16(3-13-5)2-1-4(11)8(17)18/h3-4H,1-2H2,(H,17,18)(H2,12,14,15). The molecule has 1 atom stereocenters. The lowest BCUT2D eigenvalue weighted by Crippen LogP contribution is -2.16. The molecule has 0 saturated heterocycles. The van der Waals surface area contributed by atoms with Crippen molar-refractivity contribution in [2.45, 2.75) is 19.1 Å². The summed E-state index contributed by atoms with van der Waals surface area (Å²) in [6.07, 6.45) is -0.737. The monoisotopic (exact) mass is 273 g/mol. The number of aliphatic carboxylic acids is 1. The largest absolute Gasteiger partial charge is 0.479 e. The second kappa shape index (κ2) is 4.73. The lowest BCUT2D eigenvalue weighted by molar-refractivity contribution is -0.143. The van der Waals surface area contributed by atoms with Gasteiger partial charge in [0.05, 0.1) is 6.33 Å². The Hall–Kier alpha value is -1.96. The van der Waals surface area contributed by atoms with Gasteiger partial charge in [-0.05, 0) is 0 Å². The van der Waals surface area contributed by atoms with Crippen LogP contribution in [0.5, 0.6) is 0 Å². The highest BCUT2D eigenvalue weighted by molar-refractivity contribution is 6.33. The lowest BCUT2D eigenvalue weighted by atomic mass is 10.3. The van der Waals surface area contributed by atoms with Gasteiger partial charge >= 0.3 is 5.97 Å². The molecule has 0 aliphatic heterocycles. The predicted molar refractivity (Wildman–Crippen MR) is 61.9 cm³/mol. The van der Waals surface area contributed by atoms with Crippen molar-refractivity contribution < 1.29 is 14.3 Å². The van der Waals surface area contributed by atoms with Crippen LogP contribution < -0.4 is 5.73 Å². The van der Waals surface area contributed by atoms with Crippen LogP contribution in [0, 0.1) is 0 Å². The van der Waals surface area contributed by atoms with Crippen LogP contribution in [-0.2, 0) is 11.3 Å². The van der Waals surface area contributed by atoms with Crippen molar-refractivity contribution in [2.24, 2.45) is 0 Å². The highest BCUT2D eigenvalue weighted by Gasteiger charge is 2.17. The van der Waals surface area contributed by atoms with Gasteiger partial charge < -0.3 is 15.4 Å². The summed E-state index contributed by atoms with van der Waals surface area (Å²) in [4.78, 5) is 22.0. The molecule has 0 amide bonds. The average molecular weight is 274 g/mol. The molecule has 7 nitrogen and oxygen atoms in total. The smallest absolute Gasteiger partial charge is 0.338 e. The number of imidazole rings is 1. The minimum atomic E-state index is -1.93. The van der Waals surface area contributed by atoms with Gasteiger partial charge in [0.2, 0.25) is 5.95 Å². The van der Waals surface area contributed by atoms with E-state index in [1.165, 1.54) is 10.9 Å². The van der Waals surface area contributed by atoms with Crippen LogP contribution in [0.15, 0.2) is 6.33 Å². The van der Waals surface area contributed by atoms with E-state index in [1.807, 2.05) is 0 Å². The van der Waals surface area contributed by atoms with Crippen molar-refractivity contribution in [3.8, 4) is 0 Å². The van der Waals surface area contributed by atoms with E-state index in [4.69, 9.17) is 22.4 Å². The third-order valence-corrected chi connectivity index (χ3v) is 2.59. The molecule has 0 aliphatic carbocycles. The predicted octanol–water partition coefficient (Wildman–Crippen LogP) is 0.875. The molecule has 9 heteroatoms. The second-order valence-corrected chi connectivity index (χ2v) is 3.94. The number of anilines is 1. The lowest BCUT2D eigenvalue weighted by Gasteiger charge is -2.05. The van der Waals surface area contributed by atoms with Crippen LogP contribution >= 0.6 is 11.6 Å². The molecule has 0 spiro atoms. The first-order valence-electron chi connectivity index (χ1n) is 4.99. The minimum absolute atomic E-state index is 0.0238. The molecule has 0 bridgehead atoms. The van der Waals surface area contributed by atoms with Crippen molar-refractivity contribution in [3.63, 3.8) is 0 Å². The Labute approximate surface area is 105 Å². The molecule has 18 heavy (non-hydrogen) atoms. The highest BCUT2D eigenvalue weighted by atomic mass is 35.5. The fourth-order valence-corrected chi connectivity index (χ4v) is 1.69. The molecule has 2 aromatic rings. The molecule has 0 aromatic carbocycles. The van der Waals surface area contributed by atoms with Gasteiger partial charge in [0, 0.05) is 13.0 Å². The highest BCUT2D eigenvalue weighted by Crippen LogP contribution is 2.19. The molecular formula is C9H9ClFN5O2. The van der Waals surface area contributed by atoms with Gasteiger partial charge in [0.15, 0.2) is 17.0 Å². The Morgan fingerprint density at radius 1 is 1.61 bits per heavy atom. The van der Waals surface area contributed by atoms with Gasteiger partial charge in [0.25, 0.3) is 0 Å². The van der Waals surface area contributed by atoms with Gasteiger partial charge in [-0.1, -0.05) is 11.6 Å². The number of halogens is 2. The average Bonchev–Trinajstić information content (AvgIpc) is 2.69. The molecular weight excluding hydrogens is 265 g/mol. The number of nitrogens with zero attached hydrogens (tertiary/aromatic N) is 4. The first-order valence-corrected chi connectivity index (χ1v) is 5.37. The topological polar surface area (TPSA) is 107 Å². The summed E-state index contributed by atoms with van der Waals surface area (Å²) in [7, 11) is 0. The number of alkyl halides is 1. The van der Waals surface area contributed by atoms with E-state index in [2.05, 4.69) is 15.0 Å². The Morgan fingerprint density at radius 3 is 3.00 bits per heavy atom. The first-order chi connectivity index (χ1) is 8.49. The van der Waals surface area contributed by atoms with Crippen LogP contribution in [-0.4, -0.2) is 36.8 Å². The quantitative estimate of drug-likeness (QED) is 0.801. The maximum Gasteiger partial charge on any atom is 0.338 e. The van der Waals surface area contributed by atoms with E-state index in [1.54, 1.807) is 0 Å². The Balaban J connectivity index is 2.27. The number of hydrogen-bond donors (Lipinski definition) is 2. The van der Waals surface area contributed by atoms with E-state index in [9.17, 15) is 9.18 Å². The van der Waals surface area contributed by atoms with Gasteiger partial charge in [0.1, 0.15) is 5.52 Å². The number of nitrogen functional groups attached to an aromatic ring is 1. The maximum atomic E-state index is 13.0. The van der Waals surface area contributed by atoms with Crippen LogP contribution in [0.3, 0.4) is 0 Å². The number of carboxylic acids is 1. The summed E-state index contributed by atoms with van der Waals surface area (Å²) in [5.74, 6) is -1.52. The summed E-state index contributed by atoms with van der Waals surface area (Å²) in [5, 5.41) is 8.55. The van der Waals surface area contributed by atoms with Crippen LogP contribution in [0.4, 0.5) is 10.3 Å². The van der Waals surface area contributed by atoms with Crippen molar-refractivity contribution in [2.75, 3.05) is 5.73 Å². The fraction of sp³-hybridized carbons (Fsp3) is 0.333. The Bertz CT molecular complexity index is 602. The van der Waals surface area contributed by atoms with Crippen LogP contribution in [0.1, 0.15) is 6.42 Å². The van der Waals surface area contributed by atoms with Gasteiger partial charge in [-0.3, -0.25) is 0 Å². The summed E-state index contributed by atoms with van der Waals surface area (Å²) in [6, 6.07) is 0. The molecule has 96 valence electrons. The van der Waals surface area contributed by atoms with Crippen molar-refractivity contribution in [1.82, 2.24) is 19.5 Å². The third kappa shape index (κ3) is 2.33. The maximum absolute atomic E-state index is 13.0. The zero-order valence-corrected chi connectivity index (χ0v) is 9.80. The number of carbonyl (C=O) groups is 1. The zero-order chi connectivity index (χ0) is 13.3. The molecule has 0 radical (unpaired) electrons. The number of aryl methyl sites for hydroxylation is 1. The Kier molecular flexibility index (Phi) is 3.28. The molecule has 2 rings (SSSR count). The molecule has 0 aliphatic rings. The van der Waals surface area contributed by atoms with Crippen molar-refractivity contribution >= 4 is 34.7 Å². The van der Waals surface area contributed by atoms with Crippen molar-refractivity contribution in [3.05, 3.63) is 11.5 Å². The van der Waals surface area contributed by atoms with Gasteiger partial charge in [-0.15, -0.1) is 0 Å². The van der Waals surface area contributed by atoms with E-state index < -0.39 is 12.1 Å². The summed E-state index contributed by atoms with van der Waals surface area (Å²) >= 11 is 5.81. The van der Waals surface area contributed by atoms with Crippen LogP contribution in [0.25, 0.3) is 11.2 Å². The zero-order valence-electron chi connectivity index (χ0n) is 9.05. The third-order valence-electron chi connectivity index (χ3n) is 2.33. The number of nitrogens with two attached hydrogens (primary N) is 1. The van der Waals surface area contributed by atoms with Crippen LogP contribution in [0.2, 0.25) is 5.15 Å². The molecule has 2 heterocycles. The summed E-state index contributed by atoms with van der Waals surface area (Å²) in [5.41, 5.74) is 6.14. The fourth-order valence-electron chi connectivity index (χ4n) is 1.47. The van der Waals surface area contributed by atoms with E-state index in [0.29, 0.717) is 11.2 Å². The molecule has 3 N–H and O–H groups in total. The number of rotatable bonds is 4. The number of carboxylic acid groups (broad SMARTS) is 1. The molecule has 2 aromatic heterocycles. The van der Waals surface area contributed by atoms with Gasteiger partial charge in [-0.2, -0.15) is 9.97 Å². The van der Waals surface area contributed by atoms with E-state index in [0.717, 1.165) is 0 Å². The SMILES string of the molecule is Nc1nc(Cl)c2ncn(CCC(F)C(=O)O)c2n1. The molecule has 0 fully saturated rings. The minimum Gasteiger partial charge on any atom is -0.479 e. The number of aromatic nitrogens is 4. The normalized spacial score (nSPS) is 12.8.